The van der Waals surface area contributed by atoms with Crippen molar-refractivity contribution in [1.29, 1.82) is 5.26 Å². The van der Waals surface area contributed by atoms with E-state index in [9.17, 15) is 4.79 Å². The Hall–Kier alpha value is -1.86. The zero-order valence-electron chi connectivity index (χ0n) is 8.70. The molecular weight excluding hydrogens is 192 g/mol. The summed E-state index contributed by atoms with van der Waals surface area (Å²) in [6.07, 6.45) is 0. The molecule has 0 aliphatic rings. The van der Waals surface area contributed by atoms with Crippen LogP contribution < -0.4 is 5.73 Å². The zero-order chi connectivity index (χ0) is 11.4. The van der Waals surface area contributed by atoms with Gasteiger partial charge in [0.2, 0.25) is 0 Å². The predicted molar refractivity (Wildman–Crippen MR) is 55.1 cm³/mol. The number of benzene rings is 1. The van der Waals surface area contributed by atoms with E-state index in [1.54, 1.807) is 19.1 Å². The zero-order valence-corrected chi connectivity index (χ0v) is 8.70. The molecule has 15 heavy (non-hydrogen) atoms. The van der Waals surface area contributed by atoms with Gasteiger partial charge < -0.3 is 10.5 Å². The first kappa shape index (κ1) is 11.2. The minimum atomic E-state index is -0.454. The fourth-order valence-electron chi connectivity index (χ4n) is 1.45. The van der Waals surface area contributed by atoms with Crippen LogP contribution >= 0.6 is 0 Å². The van der Waals surface area contributed by atoms with Gasteiger partial charge in [0, 0.05) is 6.54 Å². The molecule has 0 saturated carbocycles. The number of hydrogen-bond acceptors (Lipinski definition) is 4. The molecule has 0 aliphatic carbocycles. The van der Waals surface area contributed by atoms with E-state index in [4.69, 9.17) is 11.0 Å². The monoisotopic (exact) mass is 204 g/mol. The molecule has 1 aromatic rings. The maximum Gasteiger partial charge on any atom is 0.338 e. The average molecular weight is 204 g/mol. The lowest BCUT2D eigenvalue weighted by molar-refractivity contribution is 0.0598. The van der Waals surface area contributed by atoms with Gasteiger partial charge in [-0.3, -0.25) is 0 Å². The van der Waals surface area contributed by atoms with Crippen LogP contribution in [0.5, 0.6) is 0 Å². The second kappa shape index (κ2) is 4.58. The van der Waals surface area contributed by atoms with Crippen LogP contribution in [-0.4, -0.2) is 13.1 Å². The van der Waals surface area contributed by atoms with Crippen molar-refractivity contribution < 1.29 is 9.53 Å². The Morgan fingerprint density at radius 2 is 2.27 bits per heavy atom. The van der Waals surface area contributed by atoms with Gasteiger partial charge in [-0.1, -0.05) is 6.07 Å². The van der Waals surface area contributed by atoms with Crippen molar-refractivity contribution >= 4 is 5.97 Å². The standard InChI is InChI=1S/C11H12N2O2/c1-7-8(5-12)3-4-9(6-13)10(7)11(14)15-2/h3-4H,6,13H2,1-2H3. The Balaban J connectivity index is 3.44. The summed E-state index contributed by atoms with van der Waals surface area (Å²) in [5.41, 5.74) is 7.69. The van der Waals surface area contributed by atoms with E-state index in [0.717, 1.165) is 0 Å². The summed E-state index contributed by atoms with van der Waals surface area (Å²) in [6, 6.07) is 5.35. The van der Waals surface area contributed by atoms with Crippen molar-refractivity contribution in [3.05, 3.63) is 34.4 Å². The van der Waals surface area contributed by atoms with Crippen LogP contribution in [0.2, 0.25) is 0 Å². The van der Waals surface area contributed by atoms with Crippen molar-refractivity contribution in [2.75, 3.05) is 7.11 Å². The Bertz CT molecular complexity index is 433. The fourth-order valence-corrected chi connectivity index (χ4v) is 1.45. The second-order valence-corrected chi connectivity index (χ2v) is 3.08. The van der Waals surface area contributed by atoms with Gasteiger partial charge >= 0.3 is 5.97 Å². The fraction of sp³-hybridized carbons (Fsp3) is 0.273. The number of carbonyl (C=O) groups excluding carboxylic acids is 1. The third-order valence-corrected chi connectivity index (χ3v) is 2.28. The molecule has 0 fully saturated rings. The highest BCUT2D eigenvalue weighted by atomic mass is 16.5. The summed E-state index contributed by atoms with van der Waals surface area (Å²) in [5.74, 6) is -0.454. The van der Waals surface area contributed by atoms with Crippen LogP contribution in [0, 0.1) is 18.3 Å². The Morgan fingerprint density at radius 1 is 1.60 bits per heavy atom. The molecule has 0 radical (unpaired) electrons. The number of nitrogens with zero attached hydrogens (tertiary/aromatic N) is 1. The molecule has 2 N–H and O–H groups in total. The minimum absolute atomic E-state index is 0.247. The first-order valence-corrected chi connectivity index (χ1v) is 4.46. The Labute approximate surface area is 88.3 Å². The summed E-state index contributed by atoms with van der Waals surface area (Å²) >= 11 is 0. The molecule has 0 amide bonds. The van der Waals surface area contributed by atoms with Crippen molar-refractivity contribution in [1.82, 2.24) is 0 Å². The summed E-state index contributed by atoms with van der Waals surface area (Å²) in [6.45, 7) is 1.96. The van der Waals surface area contributed by atoms with E-state index in [1.807, 2.05) is 6.07 Å². The molecule has 0 unspecified atom stereocenters. The number of nitriles is 1. The van der Waals surface area contributed by atoms with E-state index in [2.05, 4.69) is 4.74 Å². The number of hydrogen-bond donors (Lipinski definition) is 1. The van der Waals surface area contributed by atoms with Crippen LogP contribution in [0.1, 0.15) is 27.0 Å². The summed E-state index contributed by atoms with van der Waals surface area (Å²) in [5, 5.41) is 8.83. The average Bonchev–Trinajstić information content (AvgIpc) is 2.27. The molecule has 4 nitrogen and oxygen atoms in total. The molecule has 0 saturated heterocycles. The summed E-state index contributed by atoms with van der Waals surface area (Å²) < 4.78 is 4.66. The van der Waals surface area contributed by atoms with E-state index in [0.29, 0.717) is 22.3 Å². The molecule has 0 atom stereocenters. The number of carbonyl (C=O) groups is 1. The van der Waals surface area contributed by atoms with Crippen LogP contribution in [0.25, 0.3) is 0 Å². The van der Waals surface area contributed by atoms with E-state index in [1.165, 1.54) is 7.11 Å². The maximum atomic E-state index is 11.5. The van der Waals surface area contributed by atoms with Gasteiger partial charge in [-0.05, 0) is 24.1 Å². The Kier molecular flexibility index (Phi) is 3.42. The lowest BCUT2D eigenvalue weighted by Gasteiger charge is -2.10. The van der Waals surface area contributed by atoms with Gasteiger partial charge in [-0.15, -0.1) is 0 Å². The van der Waals surface area contributed by atoms with Crippen LogP contribution in [-0.2, 0) is 11.3 Å². The van der Waals surface area contributed by atoms with E-state index in [-0.39, 0.29) is 6.54 Å². The molecule has 1 rings (SSSR count). The molecule has 0 aliphatic heterocycles. The lowest BCUT2D eigenvalue weighted by Crippen LogP contribution is -2.12. The smallest absolute Gasteiger partial charge is 0.338 e. The van der Waals surface area contributed by atoms with Crippen molar-refractivity contribution in [2.24, 2.45) is 5.73 Å². The third-order valence-electron chi connectivity index (χ3n) is 2.28. The van der Waals surface area contributed by atoms with Crippen molar-refractivity contribution in [3.8, 4) is 6.07 Å². The van der Waals surface area contributed by atoms with Crippen molar-refractivity contribution in [2.45, 2.75) is 13.5 Å². The van der Waals surface area contributed by atoms with Crippen molar-refractivity contribution in [3.63, 3.8) is 0 Å². The molecule has 0 spiro atoms. The highest BCUT2D eigenvalue weighted by Crippen LogP contribution is 2.18. The molecule has 0 bridgehead atoms. The molecule has 4 heteroatoms. The molecule has 0 aromatic heterocycles. The normalized spacial score (nSPS) is 9.47. The Morgan fingerprint density at radius 3 is 2.73 bits per heavy atom. The SMILES string of the molecule is COC(=O)c1c(CN)ccc(C#N)c1C. The molecule has 1 aromatic carbocycles. The van der Waals surface area contributed by atoms with Gasteiger partial charge in [0.05, 0.1) is 24.3 Å². The minimum Gasteiger partial charge on any atom is -0.465 e. The molecule has 78 valence electrons. The van der Waals surface area contributed by atoms with Gasteiger partial charge in [-0.25, -0.2) is 4.79 Å². The number of ether oxygens (including phenoxy) is 1. The predicted octanol–water partition coefficient (Wildman–Crippen LogP) is 1.11. The van der Waals surface area contributed by atoms with E-state index < -0.39 is 5.97 Å². The quantitative estimate of drug-likeness (QED) is 0.732. The van der Waals surface area contributed by atoms with E-state index >= 15 is 0 Å². The van der Waals surface area contributed by atoms with Crippen LogP contribution in [0.15, 0.2) is 12.1 Å². The second-order valence-electron chi connectivity index (χ2n) is 3.08. The lowest BCUT2D eigenvalue weighted by atomic mass is 9.97. The topological polar surface area (TPSA) is 76.1 Å². The van der Waals surface area contributed by atoms with Gasteiger partial charge in [-0.2, -0.15) is 5.26 Å². The number of methoxy groups -OCH3 is 1. The highest BCUT2D eigenvalue weighted by Gasteiger charge is 2.16. The number of rotatable bonds is 2. The van der Waals surface area contributed by atoms with Gasteiger partial charge in [0.25, 0.3) is 0 Å². The summed E-state index contributed by atoms with van der Waals surface area (Å²) in [7, 11) is 1.31. The maximum absolute atomic E-state index is 11.5. The first-order chi connectivity index (χ1) is 7.15. The third kappa shape index (κ3) is 1.97. The number of nitrogens with two attached hydrogens (primary N) is 1. The summed E-state index contributed by atoms with van der Waals surface area (Å²) in [4.78, 5) is 11.5. The molecular formula is C11H12N2O2. The molecule has 0 heterocycles. The van der Waals surface area contributed by atoms with Gasteiger partial charge in [0.1, 0.15) is 0 Å². The highest BCUT2D eigenvalue weighted by molar-refractivity contribution is 5.93. The van der Waals surface area contributed by atoms with Gasteiger partial charge in [0.15, 0.2) is 0 Å². The first-order valence-electron chi connectivity index (χ1n) is 4.46. The van der Waals surface area contributed by atoms with Crippen LogP contribution in [0.3, 0.4) is 0 Å². The number of esters is 1. The largest absolute Gasteiger partial charge is 0.465 e. The van der Waals surface area contributed by atoms with Crippen LogP contribution in [0.4, 0.5) is 0 Å².